The molecule has 0 bridgehead atoms. The van der Waals surface area contributed by atoms with Gasteiger partial charge in [-0.25, -0.2) is 0 Å². The summed E-state index contributed by atoms with van der Waals surface area (Å²) in [7, 11) is 0. The lowest BCUT2D eigenvalue weighted by atomic mass is 9.62. The molecule has 2 saturated carbocycles. The summed E-state index contributed by atoms with van der Waals surface area (Å²) >= 11 is 0. The van der Waals surface area contributed by atoms with Gasteiger partial charge < -0.3 is 0 Å². The Kier molecular flexibility index (Phi) is 4.21. The van der Waals surface area contributed by atoms with E-state index in [1.807, 2.05) is 0 Å². The molecule has 2 aliphatic carbocycles. The van der Waals surface area contributed by atoms with Crippen molar-refractivity contribution < 1.29 is 0 Å². The van der Waals surface area contributed by atoms with Crippen molar-refractivity contribution in [1.82, 2.24) is 0 Å². The predicted octanol–water partition coefficient (Wildman–Crippen LogP) is 5.67. The van der Waals surface area contributed by atoms with Gasteiger partial charge in [-0.1, -0.05) is 66.2 Å². The average molecular weight is 236 g/mol. The molecule has 0 radical (unpaired) electrons. The fourth-order valence-corrected chi connectivity index (χ4v) is 5.28. The molecule has 0 heteroatoms. The van der Waals surface area contributed by atoms with E-state index < -0.39 is 0 Å². The highest BCUT2D eigenvalue weighted by Crippen LogP contribution is 2.55. The summed E-state index contributed by atoms with van der Waals surface area (Å²) in [5, 5.41) is 0. The molecule has 0 spiro atoms. The zero-order valence-electron chi connectivity index (χ0n) is 12.5. The maximum atomic E-state index is 2.60. The quantitative estimate of drug-likeness (QED) is 0.590. The maximum absolute atomic E-state index is 2.60. The Hall–Kier alpha value is 0. The molecule has 2 fully saturated rings. The van der Waals surface area contributed by atoms with Crippen molar-refractivity contribution in [3.8, 4) is 0 Å². The summed E-state index contributed by atoms with van der Waals surface area (Å²) in [4.78, 5) is 0. The van der Waals surface area contributed by atoms with Gasteiger partial charge in [-0.05, 0) is 41.9 Å². The minimum absolute atomic E-state index is 0.606. The van der Waals surface area contributed by atoms with E-state index in [0.717, 1.165) is 23.7 Å². The number of hydrogen-bond donors (Lipinski definition) is 0. The van der Waals surface area contributed by atoms with Crippen LogP contribution in [-0.4, -0.2) is 0 Å². The normalized spacial score (nSPS) is 38.8. The first-order chi connectivity index (χ1) is 8.11. The van der Waals surface area contributed by atoms with Crippen LogP contribution in [0.5, 0.6) is 0 Å². The third-order valence-electron chi connectivity index (χ3n) is 6.28. The average Bonchev–Trinajstić information content (AvgIpc) is 2.97. The van der Waals surface area contributed by atoms with E-state index in [9.17, 15) is 0 Å². The summed E-state index contributed by atoms with van der Waals surface area (Å²) in [6.07, 6.45) is 11.9. The van der Waals surface area contributed by atoms with Crippen LogP contribution in [0.3, 0.4) is 0 Å². The topological polar surface area (TPSA) is 0 Å². The van der Waals surface area contributed by atoms with Crippen molar-refractivity contribution in [2.75, 3.05) is 0 Å². The fourth-order valence-electron chi connectivity index (χ4n) is 5.28. The predicted molar refractivity (Wildman–Crippen MR) is 76.0 cm³/mol. The van der Waals surface area contributed by atoms with Gasteiger partial charge >= 0.3 is 0 Å². The van der Waals surface area contributed by atoms with Crippen LogP contribution in [0.2, 0.25) is 0 Å². The minimum atomic E-state index is 0.606. The van der Waals surface area contributed by atoms with Gasteiger partial charge in [-0.2, -0.15) is 0 Å². The van der Waals surface area contributed by atoms with E-state index in [0.29, 0.717) is 5.41 Å². The Morgan fingerprint density at radius 3 is 1.53 bits per heavy atom. The monoisotopic (exact) mass is 236 g/mol. The fraction of sp³-hybridized carbons (Fsp3) is 1.00. The molecule has 0 aromatic heterocycles. The van der Waals surface area contributed by atoms with Crippen molar-refractivity contribution in [3.05, 3.63) is 0 Å². The molecule has 17 heavy (non-hydrogen) atoms. The molecule has 2 aliphatic rings. The van der Waals surface area contributed by atoms with Gasteiger partial charge in [0.25, 0.3) is 0 Å². The van der Waals surface area contributed by atoms with E-state index in [2.05, 4.69) is 27.7 Å². The smallest absolute Gasteiger partial charge is 0.0292 e. The molecule has 4 atom stereocenters. The Bertz CT molecular complexity index is 216. The highest BCUT2D eigenvalue weighted by molar-refractivity contribution is 4.95. The van der Waals surface area contributed by atoms with Crippen LogP contribution in [-0.2, 0) is 0 Å². The molecular formula is C17H32. The van der Waals surface area contributed by atoms with Gasteiger partial charge in [0.1, 0.15) is 0 Å². The van der Waals surface area contributed by atoms with E-state index in [-0.39, 0.29) is 0 Å². The van der Waals surface area contributed by atoms with Crippen molar-refractivity contribution in [3.63, 3.8) is 0 Å². The first-order valence-corrected chi connectivity index (χ1v) is 8.11. The standard InChI is InChI=1S/C17H32/c1-5-13-9-7-11-15(13)17(3,4)16-12-8-10-14(16)6-2/h13-16H,5-12H2,1-4H3/t13-,14-,15+,16+/m1/s1. The highest BCUT2D eigenvalue weighted by Gasteiger charge is 2.46. The third-order valence-corrected chi connectivity index (χ3v) is 6.28. The zero-order chi connectivity index (χ0) is 12.5. The van der Waals surface area contributed by atoms with Gasteiger partial charge in [-0.15, -0.1) is 0 Å². The summed E-state index contributed by atoms with van der Waals surface area (Å²) in [6, 6.07) is 0. The molecule has 0 aromatic carbocycles. The van der Waals surface area contributed by atoms with E-state index >= 15 is 0 Å². The van der Waals surface area contributed by atoms with Gasteiger partial charge in [0.2, 0.25) is 0 Å². The zero-order valence-corrected chi connectivity index (χ0v) is 12.5. The van der Waals surface area contributed by atoms with E-state index in [4.69, 9.17) is 0 Å². The minimum Gasteiger partial charge on any atom is -0.0651 e. The summed E-state index contributed by atoms with van der Waals surface area (Å²) in [5.74, 6) is 4.10. The lowest BCUT2D eigenvalue weighted by Gasteiger charge is -2.43. The second-order valence-corrected chi connectivity index (χ2v) is 7.23. The van der Waals surface area contributed by atoms with Gasteiger partial charge in [0, 0.05) is 0 Å². The lowest BCUT2D eigenvalue weighted by Crippen LogP contribution is -2.36. The Morgan fingerprint density at radius 1 is 0.765 bits per heavy atom. The van der Waals surface area contributed by atoms with E-state index in [1.165, 1.54) is 51.4 Å². The first-order valence-electron chi connectivity index (χ1n) is 8.11. The van der Waals surface area contributed by atoms with Gasteiger partial charge in [0.05, 0.1) is 0 Å². The van der Waals surface area contributed by atoms with Crippen LogP contribution in [0.4, 0.5) is 0 Å². The number of rotatable bonds is 4. The molecule has 0 aliphatic heterocycles. The molecule has 0 nitrogen and oxygen atoms in total. The molecule has 0 aromatic rings. The van der Waals surface area contributed by atoms with Crippen molar-refractivity contribution in [1.29, 1.82) is 0 Å². The van der Waals surface area contributed by atoms with Crippen LogP contribution in [0, 0.1) is 29.1 Å². The third kappa shape index (κ3) is 2.42. The summed E-state index contributed by atoms with van der Waals surface area (Å²) < 4.78 is 0. The van der Waals surface area contributed by atoms with Crippen molar-refractivity contribution >= 4 is 0 Å². The maximum Gasteiger partial charge on any atom is -0.0292 e. The summed E-state index contributed by atoms with van der Waals surface area (Å²) in [5.41, 5.74) is 0.606. The largest absolute Gasteiger partial charge is 0.0651 e. The van der Waals surface area contributed by atoms with Gasteiger partial charge in [0.15, 0.2) is 0 Å². The van der Waals surface area contributed by atoms with Crippen LogP contribution in [0.15, 0.2) is 0 Å². The molecule has 2 rings (SSSR count). The van der Waals surface area contributed by atoms with Crippen LogP contribution in [0.1, 0.15) is 79.1 Å². The molecule has 0 heterocycles. The summed E-state index contributed by atoms with van der Waals surface area (Å²) in [6.45, 7) is 10.0. The van der Waals surface area contributed by atoms with Crippen LogP contribution >= 0.6 is 0 Å². The lowest BCUT2D eigenvalue weighted by molar-refractivity contribution is 0.0567. The molecule has 0 N–H and O–H groups in total. The second kappa shape index (κ2) is 5.33. The first kappa shape index (κ1) is 13.4. The van der Waals surface area contributed by atoms with Crippen molar-refractivity contribution in [2.24, 2.45) is 29.1 Å². The molecule has 0 amide bonds. The Balaban J connectivity index is 2.11. The van der Waals surface area contributed by atoms with Crippen molar-refractivity contribution in [2.45, 2.75) is 79.1 Å². The Morgan fingerprint density at radius 2 is 1.18 bits per heavy atom. The molecular weight excluding hydrogens is 204 g/mol. The SMILES string of the molecule is CC[C@@H]1CCC[C@@H]1C(C)(C)[C@H]1CCC[C@H]1CC. The highest BCUT2D eigenvalue weighted by atomic mass is 14.5. The van der Waals surface area contributed by atoms with Gasteiger partial charge in [-0.3, -0.25) is 0 Å². The van der Waals surface area contributed by atoms with E-state index in [1.54, 1.807) is 0 Å². The number of hydrogen-bond acceptors (Lipinski definition) is 0. The van der Waals surface area contributed by atoms with Crippen LogP contribution in [0.25, 0.3) is 0 Å². The second-order valence-electron chi connectivity index (χ2n) is 7.23. The molecule has 0 unspecified atom stereocenters. The molecule has 0 saturated heterocycles. The van der Waals surface area contributed by atoms with Crippen LogP contribution < -0.4 is 0 Å². The Labute approximate surface area is 109 Å². The molecule has 100 valence electrons.